The molecule has 0 amide bonds. The van der Waals surface area contributed by atoms with Gasteiger partial charge in [-0.15, -0.1) is 0 Å². The molecule has 0 saturated heterocycles. The Bertz CT molecular complexity index is 715. The highest BCUT2D eigenvalue weighted by Crippen LogP contribution is 2.37. The van der Waals surface area contributed by atoms with Crippen molar-refractivity contribution in [3.63, 3.8) is 0 Å². The molecule has 0 atom stereocenters. The maximum absolute atomic E-state index is 12.6. The summed E-state index contributed by atoms with van der Waals surface area (Å²) in [7, 11) is -1.95. The van der Waals surface area contributed by atoms with Gasteiger partial charge in [0, 0.05) is 43.6 Å². The number of sulfonamides is 1. The van der Waals surface area contributed by atoms with E-state index in [-0.39, 0.29) is 6.54 Å². The highest BCUT2D eigenvalue weighted by molar-refractivity contribution is 7.89. The van der Waals surface area contributed by atoms with Crippen LogP contribution in [0.25, 0.3) is 0 Å². The molecular formula is C14H19N3O3S. The molecule has 0 aromatic carbocycles. The summed E-state index contributed by atoms with van der Waals surface area (Å²) in [5.41, 5.74) is 7.41. The van der Waals surface area contributed by atoms with Gasteiger partial charge >= 0.3 is 0 Å². The first-order chi connectivity index (χ1) is 10.0. The molecule has 0 aliphatic heterocycles. The van der Waals surface area contributed by atoms with Gasteiger partial charge in [-0.3, -0.25) is 0 Å². The van der Waals surface area contributed by atoms with E-state index >= 15 is 0 Å². The van der Waals surface area contributed by atoms with Crippen molar-refractivity contribution in [1.29, 1.82) is 0 Å². The number of aromatic nitrogens is 1. The van der Waals surface area contributed by atoms with Crippen molar-refractivity contribution in [2.45, 2.75) is 36.9 Å². The molecule has 0 radical (unpaired) electrons. The van der Waals surface area contributed by atoms with Gasteiger partial charge in [0.15, 0.2) is 0 Å². The number of furan rings is 1. The van der Waals surface area contributed by atoms with Crippen molar-refractivity contribution < 1.29 is 12.8 Å². The van der Waals surface area contributed by atoms with E-state index in [1.165, 1.54) is 10.6 Å². The van der Waals surface area contributed by atoms with Crippen LogP contribution in [-0.4, -0.2) is 24.3 Å². The highest BCUT2D eigenvalue weighted by atomic mass is 32.2. The Hall–Kier alpha value is -1.57. The molecule has 21 heavy (non-hydrogen) atoms. The van der Waals surface area contributed by atoms with E-state index in [0.717, 1.165) is 24.1 Å². The van der Waals surface area contributed by atoms with E-state index in [0.29, 0.717) is 17.5 Å². The van der Waals surface area contributed by atoms with Gasteiger partial charge in [0.2, 0.25) is 10.0 Å². The SMILES string of the molecule is CN(Cc1ccoc1)S(=O)(=O)c1cc(CN)n(C2CC2)c1. The predicted molar refractivity (Wildman–Crippen MR) is 78.0 cm³/mol. The van der Waals surface area contributed by atoms with Crippen LogP contribution in [0.3, 0.4) is 0 Å². The molecule has 3 rings (SSSR count). The summed E-state index contributed by atoms with van der Waals surface area (Å²) in [6.45, 7) is 0.628. The Morgan fingerprint density at radius 2 is 2.24 bits per heavy atom. The monoisotopic (exact) mass is 309 g/mol. The lowest BCUT2D eigenvalue weighted by Crippen LogP contribution is -2.26. The summed E-state index contributed by atoms with van der Waals surface area (Å²) in [5, 5.41) is 0. The minimum Gasteiger partial charge on any atom is -0.472 e. The number of nitrogens with zero attached hydrogens (tertiary/aromatic N) is 2. The molecule has 1 aliphatic carbocycles. The number of nitrogens with two attached hydrogens (primary N) is 1. The van der Waals surface area contributed by atoms with Crippen molar-refractivity contribution in [3.8, 4) is 0 Å². The van der Waals surface area contributed by atoms with Crippen LogP contribution in [0.1, 0.15) is 30.1 Å². The number of hydrogen-bond acceptors (Lipinski definition) is 4. The summed E-state index contributed by atoms with van der Waals surface area (Å²) < 4.78 is 33.5. The summed E-state index contributed by atoms with van der Waals surface area (Å²) in [4.78, 5) is 0.306. The van der Waals surface area contributed by atoms with E-state index in [4.69, 9.17) is 10.2 Å². The second kappa shape index (κ2) is 5.32. The fraction of sp³-hybridized carbons (Fsp3) is 0.429. The van der Waals surface area contributed by atoms with E-state index < -0.39 is 10.0 Å². The smallest absolute Gasteiger partial charge is 0.244 e. The molecular weight excluding hydrogens is 290 g/mol. The lowest BCUT2D eigenvalue weighted by atomic mass is 10.3. The Morgan fingerprint density at radius 1 is 1.48 bits per heavy atom. The van der Waals surface area contributed by atoms with Crippen LogP contribution >= 0.6 is 0 Å². The van der Waals surface area contributed by atoms with Crippen molar-refractivity contribution in [1.82, 2.24) is 8.87 Å². The maximum atomic E-state index is 12.6. The summed E-state index contributed by atoms with van der Waals surface area (Å²) in [6.07, 6.45) is 6.97. The topological polar surface area (TPSA) is 81.5 Å². The van der Waals surface area contributed by atoms with Crippen LogP contribution in [0.2, 0.25) is 0 Å². The highest BCUT2D eigenvalue weighted by Gasteiger charge is 2.29. The largest absolute Gasteiger partial charge is 0.472 e. The normalized spacial score (nSPS) is 15.8. The zero-order valence-electron chi connectivity index (χ0n) is 11.9. The van der Waals surface area contributed by atoms with Crippen molar-refractivity contribution in [3.05, 3.63) is 42.1 Å². The van der Waals surface area contributed by atoms with Gasteiger partial charge in [-0.2, -0.15) is 4.31 Å². The van der Waals surface area contributed by atoms with E-state index in [1.807, 2.05) is 4.57 Å². The summed E-state index contributed by atoms with van der Waals surface area (Å²) in [5.74, 6) is 0. The molecule has 6 nitrogen and oxygen atoms in total. The molecule has 0 bridgehead atoms. The Labute approximate surface area is 124 Å². The summed E-state index contributed by atoms with van der Waals surface area (Å²) >= 11 is 0. The first kappa shape index (κ1) is 14.4. The molecule has 1 aliphatic rings. The van der Waals surface area contributed by atoms with E-state index in [2.05, 4.69) is 0 Å². The number of rotatable bonds is 6. The van der Waals surface area contributed by atoms with Crippen LogP contribution in [0.15, 0.2) is 40.2 Å². The quantitative estimate of drug-likeness (QED) is 0.880. The molecule has 0 spiro atoms. The van der Waals surface area contributed by atoms with Gasteiger partial charge in [0.25, 0.3) is 0 Å². The number of hydrogen-bond donors (Lipinski definition) is 1. The predicted octanol–water partition coefficient (Wildman–Crippen LogP) is 1.70. The minimum atomic E-state index is -3.52. The minimum absolute atomic E-state index is 0.283. The van der Waals surface area contributed by atoms with Crippen LogP contribution < -0.4 is 5.73 Å². The summed E-state index contributed by atoms with van der Waals surface area (Å²) in [6, 6.07) is 3.85. The molecule has 2 aromatic heterocycles. The fourth-order valence-corrected chi connectivity index (χ4v) is 3.61. The zero-order valence-corrected chi connectivity index (χ0v) is 12.7. The van der Waals surface area contributed by atoms with Gasteiger partial charge in [-0.25, -0.2) is 8.42 Å². The average Bonchev–Trinajstić information content (AvgIpc) is 3.00. The van der Waals surface area contributed by atoms with Gasteiger partial charge in [0.05, 0.1) is 12.5 Å². The van der Waals surface area contributed by atoms with Gasteiger partial charge in [-0.05, 0) is 25.0 Å². The van der Waals surface area contributed by atoms with Crippen molar-refractivity contribution >= 4 is 10.0 Å². The molecule has 2 aromatic rings. The van der Waals surface area contributed by atoms with Gasteiger partial charge in [-0.1, -0.05) is 0 Å². The Morgan fingerprint density at radius 3 is 2.81 bits per heavy atom. The third-order valence-electron chi connectivity index (χ3n) is 3.75. The Balaban J connectivity index is 1.87. The second-order valence-electron chi connectivity index (χ2n) is 5.40. The van der Waals surface area contributed by atoms with E-state index in [1.54, 1.807) is 31.6 Å². The molecule has 2 heterocycles. The first-order valence-corrected chi connectivity index (χ1v) is 8.34. The van der Waals surface area contributed by atoms with Crippen molar-refractivity contribution in [2.75, 3.05) is 7.05 Å². The molecule has 1 saturated carbocycles. The van der Waals surface area contributed by atoms with Crippen LogP contribution in [0, 0.1) is 0 Å². The molecule has 2 N–H and O–H groups in total. The van der Waals surface area contributed by atoms with Gasteiger partial charge in [0.1, 0.15) is 4.90 Å². The third-order valence-corrected chi connectivity index (χ3v) is 5.52. The average molecular weight is 309 g/mol. The lowest BCUT2D eigenvalue weighted by molar-refractivity contribution is 0.463. The molecule has 7 heteroatoms. The molecule has 0 unspecified atom stereocenters. The van der Waals surface area contributed by atoms with Gasteiger partial charge < -0.3 is 14.7 Å². The van der Waals surface area contributed by atoms with Crippen LogP contribution in [0.4, 0.5) is 0 Å². The maximum Gasteiger partial charge on any atom is 0.244 e. The standard InChI is InChI=1S/C14H19N3O3S/c1-16(8-11-4-5-20-10-11)21(18,19)14-6-13(7-15)17(9-14)12-2-3-12/h4-6,9-10,12H,2-3,7-8,15H2,1H3. The van der Waals surface area contributed by atoms with E-state index in [9.17, 15) is 8.42 Å². The zero-order chi connectivity index (χ0) is 15.0. The second-order valence-corrected chi connectivity index (χ2v) is 7.45. The third kappa shape index (κ3) is 2.76. The first-order valence-electron chi connectivity index (χ1n) is 6.90. The Kier molecular flexibility index (Phi) is 3.64. The van der Waals surface area contributed by atoms with Crippen LogP contribution in [0.5, 0.6) is 0 Å². The fourth-order valence-electron chi connectivity index (χ4n) is 2.40. The molecule has 1 fully saturated rings. The van der Waals surface area contributed by atoms with Crippen molar-refractivity contribution in [2.24, 2.45) is 5.73 Å². The lowest BCUT2D eigenvalue weighted by Gasteiger charge is -2.15. The van der Waals surface area contributed by atoms with Crippen LogP contribution in [-0.2, 0) is 23.1 Å². The molecule has 114 valence electrons.